The van der Waals surface area contributed by atoms with Crippen molar-refractivity contribution in [1.29, 1.82) is 0 Å². The van der Waals surface area contributed by atoms with Gasteiger partial charge < -0.3 is 9.64 Å². The summed E-state index contributed by atoms with van der Waals surface area (Å²) in [5.74, 6) is -0.387. The number of rotatable bonds is 11. The molecule has 2 aliphatic rings. The molecule has 2 heterocycles. The number of likely N-dealkylation sites (N-methyl/N-ethyl adjacent to an activating group) is 1. The van der Waals surface area contributed by atoms with E-state index < -0.39 is 12.2 Å². The second-order valence-corrected chi connectivity index (χ2v) is 10.5. The molecule has 9 nitrogen and oxygen atoms in total. The number of hydrogen-bond donors (Lipinski definition) is 0. The first-order chi connectivity index (χ1) is 20.0. The number of amides is 1. The number of halogens is 1. The van der Waals surface area contributed by atoms with Crippen molar-refractivity contribution >= 4 is 17.5 Å². The van der Waals surface area contributed by atoms with Crippen LogP contribution in [-0.4, -0.2) is 73.9 Å². The lowest BCUT2D eigenvalue weighted by Crippen LogP contribution is -2.56. The Labute approximate surface area is 240 Å². The van der Waals surface area contributed by atoms with E-state index in [1.165, 1.54) is 22.1 Å². The summed E-state index contributed by atoms with van der Waals surface area (Å²) in [6, 6.07) is 26.1. The van der Waals surface area contributed by atoms with Gasteiger partial charge >= 0.3 is 6.09 Å². The topological polar surface area (TPSA) is 88.0 Å². The van der Waals surface area contributed by atoms with Gasteiger partial charge in [0.05, 0.1) is 24.5 Å². The first-order valence-electron chi connectivity index (χ1n) is 14.1. The van der Waals surface area contributed by atoms with Crippen LogP contribution in [-0.2, 0) is 17.8 Å². The Morgan fingerprint density at radius 2 is 1.71 bits per heavy atom. The van der Waals surface area contributed by atoms with Gasteiger partial charge in [-0.3, -0.25) is 14.7 Å². The normalized spacial score (nSPS) is 19.6. The molecule has 2 saturated heterocycles. The van der Waals surface area contributed by atoms with Gasteiger partial charge in [0.25, 0.3) is 0 Å². The van der Waals surface area contributed by atoms with Crippen molar-refractivity contribution in [3.63, 3.8) is 0 Å². The number of carbonyl (C=O) groups is 1. The van der Waals surface area contributed by atoms with Crippen LogP contribution in [0, 0.1) is 5.82 Å². The minimum atomic E-state index is -0.570. The zero-order chi connectivity index (χ0) is 28.6. The molecule has 2 fully saturated rings. The summed E-state index contributed by atoms with van der Waals surface area (Å²) in [5.41, 5.74) is 12.0. The fraction of sp³-hybridized carbons (Fsp3) is 0.387. The molecule has 0 saturated carbocycles. The molecule has 2 unspecified atom stereocenters. The molecule has 3 aromatic carbocycles. The van der Waals surface area contributed by atoms with E-state index in [0.29, 0.717) is 24.5 Å². The Morgan fingerprint density at radius 3 is 2.37 bits per heavy atom. The summed E-state index contributed by atoms with van der Waals surface area (Å²) in [6.07, 6.45) is -1.12. The van der Waals surface area contributed by atoms with Gasteiger partial charge in [-0.2, -0.15) is 0 Å². The molecular formula is C31H36FN7O2. The molecule has 0 spiro atoms. The zero-order valence-electron chi connectivity index (χ0n) is 23.3. The summed E-state index contributed by atoms with van der Waals surface area (Å²) < 4.78 is 20.9. The molecule has 0 aromatic heterocycles. The number of piperazine rings is 1. The van der Waals surface area contributed by atoms with Crippen LogP contribution < -0.4 is 9.80 Å². The average Bonchev–Trinajstić information content (AvgIpc) is 3.37. The Morgan fingerprint density at radius 1 is 1.00 bits per heavy atom. The van der Waals surface area contributed by atoms with E-state index in [1.54, 1.807) is 12.1 Å². The Kier molecular flexibility index (Phi) is 9.36. The van der Waals surface area contributed by atoms with Crippen molar-refractivity contribution in [2.75, 3.05) is 55.6 Å². The number of carbonyl (C=O) groups excluding carboxylic acids is 1. The fourth-order valence-electron chi connectivity index (χ4n) is 5.67. The third-order valence-electron chi connectivity index (χ3n) is 7.79. The SMILES string of the molecule is CCN(CC1CN(Cc2ccccc2)CCN1Cc1ccccc1)c1ccc(N2CC(CN=[N+]=[N-])OC2=O)cc1F. The van der Waals surface area contributed by atoms with Crippen molar-refractivity contribution in [1.82, 2.24) is 9.80 Å². The van der Waals surface area contributed by atoms with Crippen molar-refractivity contribution in [2.45, 2.75) is 32.2 Å². The molecule has 2 aliphatic heterocycles. The number of hydrogen-bond acceptors (Lipinski definition) is 6. The first-order valence-corrected chi connectivity index (χ1v) is 14.1. The maximum absolute atomic E-state index is 15.6. The van der Waals surface area contributed by atoms with Gasteiger partial charge in [-0.05, 0) is 41.8 Å². The quantitative estimate of drug-likeness (QED) is 0.172. The van der Waals surface area contributed by atoms with Crippen LogP contribution in [0.25, 0.3) is 10.4 Å². The summed E-state index contributed by atoms with van der Waals surface area (Å²) in [5, 5.41) is 3.49. The van der Waals surface area contributed by atoms with Gasteiger partial charge in [-0.15, -0.1) is 0 Å². The molecule has 0 N–H and O–H groups in total. The molecule has 1 amide bonds. The molecule has 10 heteroatoms. The maximum atomic E-state index is 15.6. The number of anilines is 2. The Hall–Kier alpha value is -4.11. The second-order valence-electron chi connectivity index (χ2n) is 10.5. The lowest BCUT2D eigenvalue weighted by Gasteiger charge is -2.44. The predicted molar refractivity (Wildman–Crippen MR) is 158 cm³/mol. The van der Waals surface area contributed by atoms with Crippen LogP contribution in [0.1, 0.15) is 18.1 Å². The Bertz CT molecular complexity index is 1350. The number of cyclic esters (lactones) is 1. The molecule has 0 bridgehead atoms. The number of benzene rings is 3. The van der Waals surface area contributed by atoms with Gasteiger partial charge in [-0.25, -0.2) is 9.18 Å². The summed E-state index contributed by atoms with van der Waals surface area (Å²) >= 11 is 0. The molecule has 0 radical (unpaired) electrons. The number of nitrogens with zero attached hydrogens (tertiary/aromatic N) is 7. The lowest BCUT2D eigenvalue weighted by molar-refractivity contribution is 0.0672. The third-order valence-corrected chi connectivity index (χ3v) is 7.79. The Balaban J connectivity index is 1.32. The minimum absolute atomic E-state index is 0.0467. The summed E-state index contributed by atoms with van der Waals surface area (Å²) in [4.78, 5) is 23.6. The van der Waals surface area contributed by atoms with E-state index in [1.807, 2.05) is 19.1 Å². The van der Waals surface area contributed by atoms with Gasteiger partial charge in [0.2, 0.25) is 0 Å². The van der Waals surface area contributed by atoms with Crippen molar-refractivity contribution < 1.29 is 13.9 Å². The van der Waals surface area contributed by atoms with Gasteiger partial charge in [-0.1, -0.05) is 65.8 Å². The standard InChI is InChI=1S/C31H36FN7O2/c1-2-37(30-14-13-26(17-29(30)32)39-23-28(18-34-35-33)41-31(39)40)22-27-21-36(19-24-9-5-3-6-10-24)15-16-38(27)20-25-11-7-4-8-12-25/h3-14,17,27-28H,2,15-16,18-23H2,1H3. The van der Waals surface area contributed by atoms with Gasteiger partial charge in [0, 0.05) is 56.8 Å². The third kappa shape index (κ3) is 7.16. The highest BCUT2D eigenvalue weighted by Gasteiger charge is 2.33. The fourth-order valence-corrected chi connectivity index (χ4v) is 5.67. The van der Waals surface area contributed by atoms with Crippen LogP contribution in [0.2, 0.25) is 0 Å². The van der Waals surface area contributed by atoms with E-state index in [9.17, 15) is 4.79 Å². The van der Waals surface area contributed by atoms with E-state index in [-0.39, 0.29) is 24.9 Å². The molecule has 2 atom stereocenters. The second kappa shape index (κ2) is 13.5. The van der Waals surface area contributed by atoms with E-state index in [2.05, 4.69) is 73.3 Å². The van der Waals surface area contributed by atoms with Crippen LogP contribution in [0.3, 0.4) is 0 Å². The molecule has 5 rings (SSSR count). The minimum Gasteiger partial charge on any atom is -0.444 e. The molecular weight excluding hydrogens is 521 g/mol. The van der Waals surface area contributed by atoms with E-state index in [4.69, 9.17) is 10.3 Å². The lowest BCUT2D eigenvalue weighted by atomic mass is 10.1. The summed E-state index contributed by atoms with van der Waals surface area (Å²) in [7, 11) is 0. The highest BCUT2D eigenvalue weighted by molar-refractivity contribution is 5.90. The monoisotopic (exact) mass is 557 g/mol. The zero-order valence-corrected chi connectivity index (χ0v) is 23.3. The van der Waals surface area contributed by atoms with Gasteiger partial charge in [0.15, 0.2) is 0 Å². The summed E-state index contributed by atoms with van der Waals surface area (Å²) in [6.45, 7) is 8.12. The first kappa shape index (κ1) is 28.4. The van der Waals surface area contributed by atoms with E-state index >= 15 is 4.39 Å². The van der Waals surface area contributed by atoms with Crippen LogP contribution >= 0.6 is 0 Å². The largest absolute Gasteiger partial charge is 0.444 e. The van der Waals surface area contributed by atoms with Crippen LogP contribution in [0.4, 0.5) is 20.6 Å². The molecule has 41 heavy (non-hydrogen) atoms. The molecule has 214 valence electrons. The smallest absolute Gasteiger partial charge is 0.414 e. The highest BCUT2D eigenvalue weighted by Crippen LogP contribution is 2.29. The van der Waals surface area contributed by atoms with Crippen LogP contribution in [0.15, 0.2) is 84.0 Å². The number of azide groups is 1. The molecule has 3 aromatic rings. The molecule has 0 aliphatic carbocycles. The predicted octanol–water partition coefficient (Wildman–Crippen LogP) is 5.67. The highest BCUT2D eigenvalue weighted by atomic mass is 19.1. The van der Waals surface area contributed by atoms with E-state index in [0.717, 1.165) is 32.7 Å². The maximum Gasteiger partial charge on any atom is 0.414 e. The van der Waals surface area contributed by atoms with Crippen LogP contribution in [0.5, 0.6) is 0 Å². The number of ether oxygens (including phenoxy) is 1. The van der Waals surface area contributed by atoms with Gasteiger partial charge in [0.1, 0.15) is 11.9 Å². The van der Waals surface area contributed by atoms with Crippen molar-refractivity contribution in [3.8, 4) is 0 Å². The van der Waals surface area contributed by atoms with Crippen molar-refractivity contribution in [3.05, 3.63) is 106 Å². The van der Waals surface area contributed by atoms with Crippen molar-refractivity contribution in [2.24, 2.45) is 5.11 Å². The average molecular weight is 558 g/mol.